The number of nitrogens with zero attached hydrogens (tertiary/aromatic N) is 1. The Morgan fingerprint density at radius 3 is 2.82 bits per heavy atom. The molecular weight excluding hydrogens is 302 g/mol. The minimum absolute atomic E-state index is 0.222. The van der Waals surface area contributed by atoms with Crippen LogP contribution in [0.15, 0.2) is 29.6 Å². The van der Waals surface area contributed by atoms with Gasteiger partial charge in [0.15, 0.2) is 5.69 Å². The Bertz CT molecular complexity index is 692. The highest BCUT2D eigenvalue weighted by atomic mass is 32.1. The Hall–Kier alpha value is -2.21. The largest absolute Gasteiger partial charge is 0.463 e. The number of ether oxygens (including phenoxy) is 2. The molecule has 6 heteroatoms. The Labute approximate surface area is 131 Å². The zero-order valence-corrected chi connectivity index (χ0v) is 12.9. The molecule has 0 spiro atoms. The van der Waals surface area contributed by atoms with Gasteiger partial charge in [-0.25, -0.2) is 14.6 Å². The quantitative estimate of drug-likeness (QED) is 0.811. The second kappa shape index (κ2) is 6.27. The van der Waals surface area contributed by atoms with Crippen LogP contribution < -0.4 is 0 Å². The first kappa shape index (κ1) is 14.7. The summed E-state index contributed by atoms with van der Waals surface area (Å²) in [4.78, 5) is 27.6. The van der Waals surface area contributed by atoms with Crippen LogP contribution in [0, 0.1) is 0 Å². The maximum absolute atomic E-state index is 12.0. The average molecular weight is 317 g/mol. The number of hydrogen-bond acceptors (Lipinski definition) is 6. The Kier molecular flexibility index (Phi) is 4.20. The van der Waals surface area contributed by atoms with Gasteiger partial charge in [-0.1, -0.05) is 31.2 Å². The molecule has 2 heterocycles. The SMILES string of the molecule is CCc1ccc(-c2nc(C(=O)O[C@@H]3CCOC3=O)cs2)cc1. The molecule has 1 fully saturated rings. The first-order chi connectivity index (χ1) is 10.7. The van der Waals surface area contributed by atoms with Gasteiger partial charge in [-0.15, -0.1) is 11.3 Å². The molecule has 0 N–H and O–H groups in total. The molecule has 0 bridgehead atoms. The molecular formula is C16H15NO4S. The van der Waals surface area contributed by atoms with Crippen LogP contribution in [0.4, 0.5) is 0 Å². The number of hydrogen-bond donors (Lipinski definition) is 0. The summed E-state index contributed by atoms with van der Waals surface area (Å²) in [7, 11) is 0. The molecule has 3 rings (SSSR count). The number of carbonyl (C=O) groups is 2. The highest BCUT2D eigenvalue weighted by Crippen LogP contribution is 2.25. The number of thiazole rings is 1. The van der Waals surface area contributed by atoms with Crippen LogP contribution in [0.3, 0.4) is 0 Å². The molecule has 1 aromatic heterocycles. The Morgan fingerprint density at radius 2 is 2.18 bits per heavy atom. The smallest absolute Gasteiger partial charge is 0.358 e. The van der Waals surface area contributed by atoms with E-state index in [0.29, 0.717) is 13.0 Å². The van der Waals surface area contributed by atoms with Crippen molar-refractivity contribution in [1.82, 2.24) is 4.98 Å². The van der Waals surface area contributed by atoms with Crippen molar-refractivity contribution in [3.8, 4) is 10.6 Å². The van der Waals surface area contributed by atoms with E-state index in [-0.39, 0.29) is 5.69 Å². The summed E-state index contributed by atoms with van der Waals surface area (Å²) in [5, 5.41) is 2.40. The summed E-state index contributed by atoms with van der Waals surface area (Å²) >= 11 is 1.38. The standard InChI is InChI=1S/C16H15NO4S/c1-2-10-3-5-11(6-4-10)14-17-12(9-22-14)15(18)21-13-7-8-20-16(13)19/h3-6,9,13H,2,7-8H2,1H3/t13-/m1/s1. The fourth-order valence-corrected chi connectivity index (χ4v) is 2.95. The van der Waals surface area contributed by atoms with Crippen LogP contribution in [0.25, 0.3) is 10.6 Å². The summed E-state index contributed by atoms with van der Waals surface area (Å²) in [5.74, 6) is -1.07. The lowest BCUT2D eigenvalue weighted by Gasteiger charge is -2.05. The molecule has 114 valence electrons. The summed E-state index contributed by atoms with van der Waals surface area (Å²) in [6.45, 7) is 2.39. The summed E-state index contributed by atoms with van der Waals surface area (Å²) in [6, 6.07) is 8.06. The number of cyclic esters (lactones) is 1. The van der Waals surface area contributed by atoms with Gasteiger partial charge in [-0.3, -0.25) is 0 Å². The van der Waals surface area contributed by atoms with Crippen LogP contribution >= 0.6 is 11.3 Å². The van der Waals surface area contributed by atoms with Gasteiger partial charge in [0.1, 0.15) is 5.01 Å². The summed E-state index contributed by atoms with van der Waals surface area (Å²) < 4.78 is 9.89. The molecule has 0 aliphatic carbocycles. The molecule has 1 aliphatic heterocycles. The number of benzene rings is 1. The Balaban J connectivity index is 1.72. The van der Waals surface area contributed by atoms with E-state index >= 15 is 0 Å². The van der Waals surface area contributed by atoms with Crippen molar-refractivity contribution >= 4 is 23.3 Å². The molecule has 0 saturated carbocycles. The third-order valence-corrected chi connectivity index (χ3v) is 4.35. The van der Waals surface area contributed by atoms with E-state index in [1.807, 2.05) is 24.3 Å². The minimum atomic E-state index is -0.804. The van der Waals surface area contributed by atoms with E-state index in [1.165, 1.54) is 16.9 Å². The maximum Gasteiger partial charge on any atom is 0.358 e. The second-order valence-electron chi connectivity index (χ2n) is 4.94. The van der Waals surface area contributed by atoms with Gasteiger partial charge in [0.2, 0.25) is 6.10 Å². The maximum atomic E-state index is 12.0. The van der Waals surface area contributed by atoms with Crippen molar-refractivity contribution in [2.45, 2.75) is 25.9 Å². The first-order valence-corrected chi connectivity index (χ1v) is 7.98. The normalized spacial score (nSPS) is 17.3. The predicted molar refractivity (Wildman–Crippen MR) is 81.7 cm³/mol. The van der Waals surface area contributed by atoms with Crippen LogP contribution in [0.2, 0.25) is 0 Å². The number of aromatic nitrogens is 1. The molecule has 1 aliphatic rings. The van der Waals surface area contributed by atoms with Crippen molar-refractivity contribution < 1.29 is 19.1 Å². The molecule has 22 heavy (non-hydrogen) atoms. The highest BCUT2D eigenvalue weighted by molar-refractivity contribution is 7.13. The third kappa shape index (κ3) is 3.01. The fraction of sp³-hybridized carbons (Fsp3) is 0.312. The van der Waals surface area contributed by atoms with Crippen LogP contribution in [0.5, 0.6) is 0 Å². The predicted octanol–water partition coefficient (Wildman–Crippen LogP) is 2.84. The van der Waals surface area contributed by atoms with Crippen LogP contribution in [-0.4, -0.2) is 29.6 Å². The van der Waals surface area contributed by atoms with Gasteiger partial charge in [-0.2, -0.15) is 0 Å². The van der Waals surface area contributed by atoms with E-state index in [2.05, 4.69) is 11.9 Å². The minimum Gasteiger partial charge on any atom is -0.463 e. The molecule has 0 amide bonds. The molecule has 2 aromatic rings. The summed E-state index contributed by atoms with van der Waals surface area (Å²) in [6.07, 6.45) is 0.578. The second-order valence-corrected chi connectivity index (χ2v) is 5.80. The van der Waals surface area contributed by atoms with E-state index in [0.717, 1.165) is 17.0 Å². The number of carbonyl (C=O) groups excluding carboxylic acids is 2. The lowest BCUT2D eigenvalue weighted by molar-refractivity contribution is -0.145. The highest BCUT2D eigenvalue weighted by Gasteiger charge is 2.31. The molecule has 0 unspecified atom stereocenters. The third-order valence-electron chi connectivity index (χ3n) is 3.46. The topological polar surface area (TPSA) is 65.5 Å². The van der Waals surface area contributed by atoms with E-state index in [1.54, 1.807) is 5.38 Å². The molecule has 1 aromatic carbocycles. The van der Waals surface area contributed by atoms with Crippen molar-refractivity contribution in [1.29, 1.82) is 0 Å². The monoisotopic (exact) mass is 317 g/mol. The summed E-state index contributed by atoms with van der Waals surface area (Å²) in [5.41, 5.74) is 2.43. The average Bonchev–Trinajstić information content (AvgIpc) is 3.17. The molecule has 5 nitrogen and oxygen atoms in total. The van der Waals surface area contributed by atoms with E-state index in [4.69, 9.17) is 9.47 Å². The molecule has 1 atom stereocenters. The van der Waals surface area contributed by atoms with Crippen LogP contribution in [-0.2, 0) is 20.7 Å². The number of rotatable bonds is 4. The van der Waals surface area contributed by atoms with Crippen molar-refractivity contribution in [2.24, 2.45) is 0 Å². The number of aryl methyl sites for hydroxylation is 1. The zero-order chi connectivity index (χ0) is 15.5. The Morgan fingerprint density at radius 1 is 1.41 bits per heavy atom. The van der Waals surface area contributed by atoms with Crippen molar-refractivity contribution in [3.63, 3.8) is 0 Å². The van der Waals surface area contributed by atoms with Crippen molar-refractivity contribution in [2.75, 3.05) is 6.61 Å². The van der Waals surface area contributed by atoms with Gasteiger partial charge in [0, 0.05) is 17.4 Å². The molecule has 0 radical (unpaired) electrons. The van der Waals surface area contributed by atoms with Gasteiger partial charge >= 0.3 is 11.9 Å². The van der Waals surface area contributed by atoms with Gasteiger partial charge < -0.3 is 9.47 Å². The van der Waals surface area contributed by atoms with E-state index in [9.17, 15) is 9.59 Å². The van der Waals surface area contributed by atoms with E-state index < -0.39 is 18.0 Å². The lowest BCUT2D eigenvalue weighted by atomic mass is 10.1. The van der Waals surface area contributed by atoms with Gasteiger partial charge in [0.25, 0.3) is 0 Å². The lowest BCUT2D eigenvalue weighted by Crippen LogP contribution is -2.22. The first-order valence-electron chi connectivity index (χ1n) is 7.10. The zero-order valence-electron chi connectivity index (χ0n) is 12.1. The fourth-order valence-electron chi connectivity index (χ4n) is 2.16. The molecule has 1 saturated heterocycles. The van der Waals surface area contributed by atoms with Gasteiger partial charge in [-0.05, 0) is 12.0 Å². The van der Waals surface area contributed by atoms with Crippen LogP contribution in [0.1, 0.15) is 29.4 Å². The number of esters is 2. The van der Waals surface area contributed by atoms with Crippen molar-refractivity contribution in [3.05, 3.63) is 40.9 Å². The van der Waals surface area contributed by atoms with Gasteiger partial charge in [0.05, 0.1) is 6.61 Å².